The average Bonchev–Trinajstić information content (AvgIpc) is 2.97. The van der Waals surface area contributed by atoms with E-state index in [2.05, 4.69) is 10.2 Å². The second kappa shape index (κ2) is 8.02. The Labute approximate surface area is 163 Å². The topological polar surface area (TPSA) is 72.9 Å². The number of likely N-dealkylation sites (N-methyl/N-ethyl adjacent to an activating group) is 1. The van der Waals surface area contributed by atoms with Crippen LogP contribution in [0, 0.1) is 17.7 Å². The molecule has 148 valence electrons. The van der Waals surface area contributed by atoms with Gasteiger partial charge in [0.1, 0.15) is 5.82 Å². The molecule has 0 spiro atoms. The molecule has 4 unspecified atom stereocenters. The molecule has 0 radical (unpaired) electrons. The number of benzene rings is 1. The van der Waals surface area contributed by atoms with Crippen LogP contribution in [0.25, 0.3) is 0 Å². The number of piperidine rings is 1. The standard InChI is InChI=1S/C19H25ClFN3O3/c1-11-7-13(18(25)26)10-24(9-11)19(27)22-16-5-6-23(2)17(16)12-3-4-14(20)15(21)8-12/h3-4,8,11,13,16-17H,5-7,9-10H2,1-2H3,(H,22,27)(H,25,26). The quantitative estimate of drug-likeness (QED) is 0.822. The molecule has 2 fully saturated rings. The van der Waals surface area contributed by atoms with Gasteiger partial charge in [-0.1, -0.05) is 24.6 Å². The maximum Gasteiger partial charge on any atom is 0.317 e. The third kappa shape index (κ3) is 4.35. The highest BCUT2D eigenvalue weighted by Crippen LogP contribution is 2.33. The summed E-state index contributed by atoms with van der Waals surface area (Å²) in [5, 5.41) is 12.4. The van der Waals surface area contributed by atoms with E-state index in [1.165, 1.54) is 12.1 Å². The van der Waals surface area contributed by atoms with Gasteiger partial charge in [-0.05, 0) is 43.5 Å². The summed E-state index contributed by atoms with van der Waals surface area (Å²) in [6.07, 6.45) is 1.32. The molecule has 1 aromatic rings. The van der Waals surface area contributed by atoms with Crippen molar-refractivity contribution < 1.29 is 19.1 Å². The molecule has 27 heavy (non-hydrogen) atoms. The minimum atomic E-state index is -0.866. The zero-order chi connectivity index (χ0) is 19.7. The molecule has 2 N–H and O–H groups in total. The smallest absolute Gasteiger partial charge is 0.317 e. The molecule has 2 amide bonds. The summed E-state index contributed by atoms with van der Waals surface area (Å²) in [4.78, 5) is 27.8. The molecule has 8 heteroatoms. The fourth-order valence-electron chi connectivity index (χ4n) is 4.23. The number of likely N-dealkylation sites (tertiary alicyclic amines) is 2. The van der Waals surface area contributed by atoms with E-state index >= 15 is 0 Å². The number of nitrogens with one attached hydrogen (secondary N) is 1. The number of carbonyl (C=O) groups excluding carboxylic acids is 1. The maximum atomic E-state index is 13.9. The highest BCUT2D eigenvalue weighted by molar-refractivity contribution is 6.30. The number of aliphatic carboxylic acids is 1. The number of carbonyl (C=O) groups is 2. The van der Waals surface area contributed by atoms with Crippen LogP contribution in [0.2, 0.25) is 5.02 Å². The van der Waals surface area contributed by atoms with Crippen LogP contribution in [0.1, 0.15) is 31.4 Å². The fraction of sp³-hybridized carbons (Fsp3) is 0.579. The van der Waals surface area contributed by atoms with Crippen LogP contribution in [0.3, 0.4) is 0 Å². The highest BCUT2D eigenvalue weighted by atomic mass is 35.5. The first-order chi connectivity index (χ1) is 12.8. The number of carboxylic acids is 1. The van der Waals surface area contributed by atoms with Crippen molar-refractivity contribution in [3.8, 4) is 0 Å². The molecule has 3 rings (SSSR count). The first kappa shape index (κ1) is 19.9. The molecule has 0 aromatic heterocycles. The Morgan fingerprint density at radius 2 is 2.07 bits per heavy atom. The van der Waals surface area contributed by atoms with E-state index in [9.17, 15) is 19.1 Å². The Bertz CT molecular complexity index is 732. The number of hydrogen-bond donors (Lipinski definition) is 2. The van der Waals surface area contributed by atoms with Crippen molar-refractivity contribution in [2.24, 2.45) is 11.8 Å². The molecular weight excluding hydrogens is 373 g/mol. The van der Waals surface area contributed by atoms with Crippen molar-refractivity contribution in [1.29, 1.82) is 0 Å². The van der Waals surface area contributed by atoms with Crippen molar-refractivity contribution in [1.82, 2.24) is 15.1 Å². The zero-order valence-electron chi connectivity index (χ0n) is 15.5. The Balaban J connectivity index is 1.72. The highest BCUT2D eigenvalue weighted by Gasteiger charge is 2.37. The summed E-state index contributed by atoms with van der Waals surface area (Å²) >= 11 is 5.79. The van der Waals surface area contributed by atoms with Crippen LogP contribution in [-0.4, -0.2) is 59.6 Å². The van der Waals surface area contributed by atoms with Gasteiger partial charge in [0, 0.05) is 19.6 Å². The van der Waals surface area contributed by atoms with E-state index in [-0.39, 0.29) is 35.6 Å². The summed E-state index contributed by atoms with van der Waals surface area (Å²) in [6.45, 7) is 3.48. The van der Waals surface area contributed by atoms with Gasteiger partial charge in [0.2, 0.25) is 0 Å². The van der Waals surface area contributed by atoms with Crippen LogP contribution in [0.4, 0.5) is 9.18 Å². The van der Waals surface area contributed by atoms with Crippen molar-refractivity contribution in [2.45, 2.75) is 31.8 Å². The van der Waals surface area contributed by atoms with Gasteiger partial charge < -0.3 is 15.3 Å². The first-order valence-electron chi connectivity index (χ1n) is 9.19. The fourth-order valence-corrected chi connectivity index (χ4v) is 4.34. The molecule has 4 atom stereocenters. The van der Waals surface area contributed by atoms with Crippen LogP contribution in [0.15, 0.2) is 18.2 Å². The largest absolute Gasteiger partial charge is 0.481 e. The monoisotopic (exact) mass is 397 g/mol. The van der Waals surface area contributed by atoms with Crippen LogP contribution < -0.4 is 5.32 Å². The van der Waals surface area contributed by atoms with Gasteiger partial charge in [0.25, 0.3) is 0 Å². The van der Waals surface area contributed by atoms with Gasteiger partial charge >= 0.3 is 12.0 Å². The van der Waals surface area contributed by atoms with E-state index in [1.807, 2.05) is 14.0 Å². The van der Waals surface area contributed by atoms with E-state index in [1.54, 1.807) is 11.0 Å². The minimum absolute atomic E-state index is 0.0713. The normalized spacial score (nSPS) is 29.0. The van der Waals surface area contributed by atoms with Crippen molar-refractivity contribution in [3.05, 3.63) is 34.6 Å². The van der Waals surface area contributed by atoms with Crippen molar-refractivity contribution >= 4 is 23.6 Å². The molecule has 0 saturated carbocycles. The zero-order valence-corrected chi connectivity index (χ0v) is 16.2. The second-order valence-corrected chi connectivity index (χ2v) is 8.13. The molecule has 0 bridgehead atoms. The number of hydrogen-bond acceptors (Lipinski definition) is 3. The van der Waals surface area contributed by atoms with Crippen molar-refractivity contribution in [2.75, 3.05) is 26.7 Å². The van der Waals surface area contributed by atoms with Gasteiger partial charge in [-0.3, -0.25) is 9.69 Å². The molecule has 2 saturated heterocycles. The van der Waals surface area contributed by atoms with E-state index in [4.69, 9.17) is 11.6 Å². The Morgan fingerprint density at radius 3 is 2.74 bits per heavy atom. The first-order valence-corrected chi connectivity index (χ1v) is 9.57. The molecule has 2 heterocycles. The second-order valence-electron chi connectivity index (χ2n) is 7.72. The average molecular weight is 398 g/mol. The number of halogens is 2. The summed E-state index contributed by atoms with van der Waals surface area (Å²) in [7, 11) is 1.94. The van der Waals surface area contributed by atoms with Crippen molar-refractivity contribution in [3.63, 3.8) is 0 Å². The number of nitrogens with zero attached hydrogens (tertiary/aromatic N) is 2. The summed E-state index contributed by atoms with van der Waals surface area (Å²) in [5.74, 6) is -1.74. The number of amides is 2. The lowest BCUT2D eigenvalue weighted by atomic mass is 9.90. The predicted molar refractivity (Wildman–Crippen MR) is 100 cm³/mol. The number of urea groups is 1. The molecule has 1 aromatic carbocycles. The lowest BCUT2D eigenvalue weighted by Crippen LogP contribution is -2.52. The van der Waals surface area contributed by atoms with Gasteiger partial charge in [0.05, 0.1) is 23.0 Å². The molecule has 0 aliphatic carbocycles. The summed E-state index contributed by atoms with van der Waals surface area (Å²) < 4.78 is 13.9. The SMILES string of the molecule is CC1CC(C(=O)O)CN(C(=O)NC2CCN(C)C2c2ccc(Cl)c(F)c2)C1. The summed E-state index contributed by atoms with van der Waals surface area (Å²) in [5.41, 5.74) is 0.762. The minimum Gasteiger partial charge on any atom is -0.481 e. The number of carboxylic acid groups (broad SMARTS) is 1. The molecule has 2 aliphatic heterocycles. The Hall–Kier alpha value is -1.86. The van der Waals surface area contributed by atoms with Crippen LogP contribution >= 0.6 is 11.6 Å². The number of rotatable bonds is 3. The van der Waals surface area contributed by atoms with E-state index in [0.717, 1.165) is 18.5 Å². The lowest BCUT2D eigenvalue weighted by Gasteiger charge is -2.36. The Kier molecular flexibility index (Phi) is 5.91. The third-order valence-electron chi connectivity index (χ3n) is 5.54. The Morgan fingerprint density at radius 1 is 1.33 bits per heavy atom. The van der Waals surface area contributed by atoms with Gasteiger partial charge in [0.15, 0.2) is 0 Å². The maximum absolute atomic E-state index is 13.9. The summed E-state index contributed by atoms with van der Waals surface area (Å²) in [6, 6.07) is 4.13. The molecular formula is C19H25ClFN3O3. The third-order valence-corrected chi connectivity index (χ3v) is 5.85. The van der Waals surface area contributed by atoms with Gasteiger partial charge in [-0.15, -0.1) is 0 Å². The van der Waals surface area contributed by atoms with E-state index < -0.39 is 17.7 Å². The molecule has 2 aliphatic rings. The van der Waals surface area contributed by atoms with Gasteiger partial charge in [-0.25, -0.2) is 9.18 Å². The van der Waals surface area contributed by atoms with Crippen LogP contribution in [-0.2, 0) is 4.79 Å². The molecule has 6 nitrogen and oxygen atoms in total. The predicted octanol–water partition coefficient (Wildman–Crippen LogP) is 2.98. The van der Waals surface area contributed by atoms with E-state index in [0.29, 0.717) is 13.0 Å². The van der Waals surface area contributed by atoms with Gasteiger partial charge in [-0.2, -0.15) is 0 Å². The van der Waals surface area contributed by atoms with Crippen LogP contribution in [0.5, 0.6) is 0 Å². The lowest BCUT2D eigenvalue weighted by molar-refractivity contribution is -0.143.